The van der Waals surface area contributed by atoms with Gasteiger partial charge in [0, 0.05) is 44.3 Å². The highest BCUT2D eigenvalue weighted by Crippen LogP contribution is 2.49. The fraction of sp³-hybridized carbons (Fsp3) is 0.857. The first kappa shape index (κ1) is 28.3. The molecule has 0 amide bonds. The van der Waals surface area contributed by atoms with Gasteiger partial charge in [0.1, 0.15) is 0 Å². The molecule has 0 heterocycles. The smallest absolute Gasteiger partial charge is 0.461 e. The summed E-state index contributed by atoms with van der Waals surface area (Å²) in [6.07, 6.45) is -8.95. The number of carbonyl (C=O) groups is 2. The summed E-state index contributed by atoms with van der Waals surface area (Å²) in [5, 5.41) is 14.4. The van der Waals surface area contributed by atoms with E-state index in [0.717, 1.165) is 0 Å². The van der Waals surface area contributed by atoms with E-state index in [1.165, 1.54) is 14.1 Å². The molecule has 0 unspecified atom stereocenters. The van der Waals surface area contributed by atoms with Gasteiger partial charge in [0.25, 0.3) is 10.0 Å². The van der Waals surface area contributed by atoms with Crippen LogP contribution in [-0.2, 0) is 19.6 Å². The standard InChI is InChI=1S/C14H21F7N2O6S/c1-23(2,9-5-11(26)27)8-3-6-22(7-4-10(24)25)30(28,29)14(20,21)12(15,16)13(17,18)19/h3-9H2,1-2H3,(H-,24,25,26,27)/p-1. The van der Waals surface area contributed by atoms with Crippen molar-refractivity contribution in [2.24, 2.45) is 0 Å². The molecule has 0 aliphatic heterocycles. The number of carboxylic acid groups (broad SMARTS) is 2. The number of quaternary nitrogens is 1. The second kappa shape index (κ2) is 9.64. The molecule has 0 aliphatic rings. The Morgan fingerprint density at radius 2 is 1.33 bits per heavy atom. The lowest BCUT2D eigenvalue weighted by Gasteiger charge is -2.34. The molecule has 0 spiro atoms. The first-order valence-electron chi connectivity index (χ1n) is 8.23. The fourth-order valence-corrected chi connectivity index (χ4v) is 3.70. The van der Waals surface area contributed by atoms with Crippen molar-refractivity contribution in [1.29, 1.82) is 0 Å². The molecule has 0 saturated carbocycles. The number of alkyl halides is 7. The van der Waals surface area contributed by atoms with Crippen molar-refractivity contribution in [2.45, 2.75) is 36.6 Å². The van der Waals surface area contributed by atoms with Gasteiger partial charge >= 0.3 is 17.4 Å². The molecule has 178 valence electrons. The summed E-state index contributed by atoms with van der Waals surface area (Å²) in [4.78, 5) is 21.0. The van der Waals surface area contributed by atoms with Crippen molar-refractivity contribution in [1.82, 2.24) is 4.31 Å². The lowest BCUT2D eigenvalue weighted by molar-refractivity contribution is -0.890. The first-order chi connectivity index (χ1) is 13.2. The number of hydrogen-bond acceptors (Lipinski definition) is 6. The number of rotatable bonds is 13. The zero-order valence-electron chi connectivity index (χ0n) is 15.8. The van der Waals surface area contributed by atoms with Gasteiger partial charge in [0.15, 0.2) is 0 Å². The van der Waals surface area contributed by atoms with Gasteiger partial charge in [0.05, 0.1) is 27.2 Å². The molecule has 0 aliphatic carbocycles. The molecular formula is C14H20F7N2O6S-. The Hall–Kier alpha value is -1.68. The summed E-state index contributed by atoms with van der Waals surface area (Å²) in [6, 6.07) is 0. The largest absolute Gasteiger partial charge is 0.550 e. The molecular weight excluding hydrogens is 457 g/mol. The number of sulfonamides is 1. The second-order valence-corrected chi connectivity index (χ2v) is 8.95. The number of halogens is 7. The molecule has 0 rings (SSSR count). The Bertz CT molecular complexity index is 725. The van der Waals surface area contributed by atoms with Crippen molar-refractivity contribution < 1.29 is 63.4 Å². The van der Waals surface area contributed by atoms with Gasteiger partial charge in [0.2, 0.25) is 0 Å². The molecule has 0 saturated heterocycles. The number of hydrogen-bond donors (Lipinski definition) is 0. The lowest BCUT2D eigenvalue weighted by atomic mass is 10.3. The van der Waals surface area contributed by atoms with Gasteiger partial charge in [-0.25, -0.2) is 8.42 Å². The van der Waals surface area contributed by atoms with Crippen LogP contribution >= 0.6 is 0 Å². The summed E-state index contributed by atoms with van der Waals surface area (Å²) in [7, 11) is -3.75. The van der Waals surface area contributed by atoms with E-state index in [-0.39, 0.29) is 24.0 Å². The molecule has 0 aromatic heterocycles. The summed E-state index contributed by atoms with van der Waals surface area (Å²) in [5.74, 6) is -10.3. The molecule has 0 aromatic rings. The maximum absolute atomic E-state index is 13.8. The van der Waals surface area contributed by atoms with Crippen LogP contribution in [0.25, 0.3) is 0 Å². The van der Waals surface area contributed by atoms with Crippen LogP contribution < -0.4 is 10.2 Å². The van der Waals surface area contributed by atoms with E-state index < -0.39 is 69.6 Å². The summed E-state index contributed by atoms with van der Waals surface area (Å²) in [5.41, 5.74) is 0. The summed E-state index contributed by atoms with van der Waals surface area (Å²) >= 11 is 0. The van der Waals surface area contributed by atoms with Crippen molar-refractivity contribution in [2.75, 3.05) is 40.3 Å². The molecule has 8 nitrogen and oxygen atoms in total. The Labute approximate surface area is 167 Å². The molecule has 0 atom stereocenters. The van der Waals surface area contributed by atoms with Gasteiger partial charge < -0.3 is 24.3 Å². The third-order valence-electron chi connectivity index (χ3n) is 4.04. The van der Waals surface area contributed by atoms with Crippen molar-refractivity contribution >= 4 is 22.0 Å². The normalized spacial score (nSPS) is 14.2. The maximum atomic E-state index is 13.8. The van der Waals surface area contributed by atoms with E-state index in [4.69, 9.17) is 0 Å². The highest BCUT2D eigenvalue weighted by molar-refractivity contribution is 7.90. The molecule has 0 bridgehead atoms. The lowest BCUT2D eigenvalue weighted by Crippen LogP contribution is -2.60. The minimum Gasteiger partial charge on any atom is -0.550 e. The zero-order valence-corrected chi connectivity index (χ0v) is 16.7. The Kier molecular flexibility index (Phi) is 9.10. The summed E-state index contributed by atoms with van der Waals surface area (Å²) in [6.45, 7) is -2.50. The van der Waals surface area contributed by atoms with Crippen molar-refractivity contribution in [3.8, 4) is 0 Å². The molecule has 30 heavy (non-hydrogen) atoms. The van der Waals surface area contributed by atoms with Gasteiger partial charge in [-0.05, 0) is 0 Å². The van der Waals surface area contributed by atoms with E-state index in [2.05, 4.69) is 0 Å². The van der Waals surface area contributed by atoms with Crippen LogP contribution in [0.5, 0.6) is 0 Å². The first-order valence-corrected chi connectivity index (χ1v) is 9.67. The van der Waals surface area contributed by atoms with Gasteiger partial charge in [-0.2, -0.15) is 35.0 Å². The molecule has 0 radical (unpaired) electrons. The van der Waals surface area contributed by atoms with Crippen LogP contribution in [0.3, 0.4) is 0 Å². The Morgan fingerprint density at radius 3 is 1.73 bits per heavy atom. The van der Waals surface area contributed by atoms with Crippen molar-refractivity contribution in [3.05, 3.63) is 0 Å². The SMILES string of the molecule is C[N+](C)(CCCN(CCC(=O)[O-])S(=O)(=O)C(F)(F)C(F)(F)C(F)(F)F)CCC(=O)[O-]. The van der Waals surface area contributed by atoms with Crippen molar-refractivity contribution in [3.63, 3.8) is 0 Å². The predicted molar refractivity (Wildman–Crippen MR) is 82.1 cm³/mol. The Morgan fingerprint density at radius 1 is 0.867 bits per heavy atom. The number of aliphatic carboxylic acids is 2. The van der Waals surface area contributed by atoms with Crippen LogP contribution in [0.2, 0.25) is 0 Å². The van der Waals surface area contributed by atoms with Gasteiger partial charge in [-0.1, -0.05) is 0 Å². The molecule has 0 N–H and O–H groups in total. The van der Waals surface area contributed by atoms with E-state index in [1.807, 2.05) is 0 Å². The van der Waals surface area contributed by atoms with Crippen LogP contribution in [-0.4, -0.2) is 86.8 Å². The third-order valence-corrected chi connectivity index (χ3v) is 5.99. The maximum Gasteiger partial charge on any atom is 0.461 e. The minimum atomic E-state index is -6.94. The number of carboxylic acids is 2. The molecule has 0 fully saturated rings. The van der Waals surface area contributed by atoms with Crippen LogP contribution in [0.1, 0.15) is 19.3 Å². The van der Waals surface area contributed by atoms with Gasteiger partial charge in [-0.15, -0.1) is 0 Å². The average molecular weight is 477 g/mol. The van der Waals surface area contributed by atoms with Crippen LogP contribution in [0.15, 0.2) is 0 Å². The highest BCUT2D eigenvalue weighted by atomic mass is 32.2. The number of nitrogens with zero attached hydrogens (tertiary/aromatic N) is 2. The topological polar surface area (TPSA) is 118 Å². The molecule has 0 aromatic carbocycles. The van der Waals surface area contributed by atoms with E-state index in [1.54, 1.807) is 0 Å². The Balaban J connectivity index is 5.65. The van der Waals surface area contributed by atoms with E-state index in [0.29, 0.717) is 0 Å². The fourth-order valence-electron chi connectivity index (χ4n) is 2.24. The van der Waals surface area contributed by atoms with Crippen LogP contribution in [0.4, 0.5) is 30.7 Å². The minimum absolute atomic E-state index is 0.0452. The third kappa shape index (κ3) is 6.94. The van der Waals surface area contributed by atoms with E-state index in [9.17, 15) is 59.0 Å². The van der Waals surface area contributed by atoms with E-state index >= 15 is 0 Å². The van der Waals surface area contributed by atoms with Gasteiger partial charge in [-0.3, -0.25) is 0 Å². The number of carbonyl (C=O) groups excluding carboxylic acids is 2. The zero-order chi connectivity index (χ0) is 24.2. The molecule has 16 heteroatoms. The predicted octanol–water partition coefficient (Wildman–Crippen LogP) is -0.845. The highest BCUT2D eigenvalue weighted by Gasteiger charge is 2.79. The monoisotopic (exact) mass is 477 g/mol. The van der Waals surface area contributed by atoms with Crippen LogP contribution in [0, 0.1) is 0 Å². The quantitative estimate of drug-likeness (QED) is 0.252. The second-order valence-electron chi connectivity index (χ2n) is 6.97. The average Bonchev–Trinajstić information content (AvgIpc) is 2.54. The summed E-state index contributed by atoms with van der Waals surface area (Å²) < 4.78 is 114.